The number of nitrogens with zero attached hydrogens (tertiary/aromatic N) is 3. The third-order valence-corrected chi connectivity index (χ3v) is 7.28. The molecule has 4 rings (SSSR count). The van der Waals surface area contributed by atoms with E-state index in [0.29, 0.717) is 0 Å². The van der Waals surface area contributed by atoms with E-state index >= 15 is 0 Å². The van der Waals surface area contributed by atoms with E-state index in [1.54, 1.807) is 6.33 Å². The molecule has 4 nitrogen and oxygen atoms in total. The zero-order valence-corrected chi connectivity index (χ0v) is 18.1. The van der Waals surface area contributed by atoms with Gasteiger partial charge in [0.25, 0.3) is 0 Å². The van der Waals surface area contributed by atoms with Crippen molar-refractivity contribution >= 4 is 39.0 Å². The highest BCUT2D eigenvalue weighted by molar-refractivity contribution is 7.19. The Bertz CT molecular complexity index is 951. The summed E-state index contributed by atoms with van der Waals surface area (Å²) in [6.45, 7) is 7.11. The number of hydrogen-bond acceptors (Lipinski definition) is 5. The first-order valence-electron chi connectivity index (χ1n) is 10.2. The van der Waals surface area contributed by atoms with Gasteiger partial charge in [-0.05, 0) is 56.0 Å². The number of anilines is 1. The van der Waals surface area contributed by atoms with Gasteiger partial charge < -0.3 is 5.32 Å². The molecule has 2 heterocycles. The Hall–Kier alpha value is -1.69. The van der Waals surface area contributed by atoms with Crippen molar-refractivity contribution in [2.45, 2.75) is 45.6 Å². The number of aryl methyl sites for hydroxylation is 2. The Kier molecular flexibility index (Phi) is 6.14. The highest BCUT2D eigenvalue weighted by atomic mass is 35.5. The van der Waals surface area contributed by atoms with Crippen LogP contribution in [0.3, 0.4) is 0 Å². The number of hydrogen-bond donors (Lipinski definition) is 1. The maximum Gasteiger partial charge on any atom is 0.138 e. The van der Waals surface area contributed by atoms with Crippen molar-refractivity contribution in [1.29, 1.82) is 0 Å². The summed E-state index contributed by atoms with van der Waals surface area (Å²) < 4.78 is 0. The van der Waals surface area contributed by atoms with Crippen LogP contribution in [-0.2, 0) is 12.8 Å². The summed E-state index contributed by atoms with van der Waals surface area (Å²) in [4.78, 5) is 14.2. The fourth-order valence-electron chi connectivity index (χ4n) is 4.26. The predicted molar refractivity (Wildman–Crippen MR) is 120 cm³/mol. The van der Waals surface area contributed by atoms with Gasteiger partial charge >= 0.3 is 0 Å². The lowest BCUT2D eigenvalue weighted by atomic mass is 9.97. The second-order valence-electron chi connectivity index (χ2n) is 7.25. The Balaban J connectivity index is 1.66. The van der Waals surface area contributed by atoms with Crippen LogP contribution >= 0.6 is 22.9 Å². The highest BCUT2D eigenvalue weighted by Crippen LogP contribution is 2.38. The van der Waals surface area contributed by atoms with Gasteiger partial charge in [0.05, 0.1) is 11.4 Å². The lowest BCUT2D eigenvalue weighted by molar-refractivity contribution is 0.228. The fourth-order valence-corrected chi connectivity index (χ4v) is 5.75. The van der Waals surface area contributed by atoms with Crippen LogP contribution in [-0.4, -0.2) is 34.5 Å². The quantitative estimate of drug-likeness (QED) is 0.536. The summed E-state index contributed by atoms with van der Waals surface area (Å²) >= 11 is 8.39. The summed E-state index contributed by atoms with van der Waals surface area (Å²) in [5.74, 6) is 0.966. The third kappa shape index (κ3) is 3.76. The van der Waals surface area contributed by atoms with Crippen molar-refractivity contribution in [3.63, 3.8) is 0 Å². The second kappa shape index (κ2) is 8.76. The van der Waals surface area contributed by atoms with Crippen LogP contribution in [0.25, 0.3) is 10.2 Å². The topological polar surface area (TPSA) is 41.0 Å². The minimum atomic E-state index is 0.197. The largest absolute Gasteiger partial charge is 0.367 e. The lowest BCUT2D eigenvalue weighted by Gasteiger charge is -2.31. The number of likely N-dealkylation sites (N-methyl/N-ethyl adjacent to an activating group) is 1. The molecule has 0 radical (unpaired) electrons. The van der Waals surface area contributed by atoms with Crippen molar-refractivity contribution in [3.05, 3.63) is 51.6 Å². The molecule has 0 bridgehead atoms. The molecule has 0 spiro atoms. The molecule has 0 fully saturated rings. The molecule has 28 heavy (non-hydrogen) atoms. The number of rotatable bonds is 7. The molecule has 1 aliphatic carbocycles. The molecule has 1 atom stereocenters. The van der Waals surface area contributed by atoms with Gasteiger partial charge in [0, 0.05) is 16.4 Å². The normalized spacial score (nSPS) is 15.0. The van der Waals surface area contributed by atoms with Crippen LogP contribution in [0, 0.1) is 0 Å². The van der Waals surface area contributed by atoms with Gasteiger partial charge in [0.1, 0.15) is 17.0 Å². The molecule has 1 N–H and O–H groups in total. The zero-order valence-electron chi connectivity index (χ0n) is 16.5. The van der Waals surface area contributed by atoms with E-state index in [4.69, 9.17) is 11.6 Å². The molecule has 1 aliphatic rings. The Labute approximate surface area is 176 Å². The molecule has 1 aromatic carbocycles. The van der Waals surface area contributed by atoms with Crippen LogP contribution in [0.2, 0.25) is 5.02 Å². The molecule has 148 valence electrons. The molecule has 0 aliphatic heterocycles. The molecule has 2 aromatic heterocycles. The van der Waals surface area contributed by atoms with E-state index < -0.39 is 0 Å². The summed E-state index contributed by atoms with van der Waals surface area (Å²) in [5, 5.41) is 5.71. The Morgan fingerprint density at radius 3 is 2.71 bits per heavy atom. The van der Waals surface area contributed by atoms with Gasteiger partial charge in [-0.3, -0.25) is 4.90 Å². The average molecular weight is 415 g/mol. The molecular weight excluding hydrogens is 388 g/mol. The summed E-state index contributed by atoms with van der Waals surface area (Å²) in [6, 6.07) is 8.36. The maximum absolute atomic E-state index is 6.55. The van der Waals surface area contributed by atoms with Crippen molar-refractivity contribution < 1.29 is 0 Å². The van der Waals surface area contributed by atoms with E-state index in [1.165, 1.54) is 35.1 Å². The molecule has 0 amide bonds. The second-order valence-corrected chi connectivity index (χ2v) is 8.74. The third-order valence-electron chi connectivity index (χ3n) is 5.73. The number of thiophene rings is 1. The van der Waals surface area contributed by atoms with Gasteiger partial charge in [0.15, 0.2) is 0 Å². The molecule has 6 heteroatoms. The molecule has 3 aromatic rings. The Morgan fingerprint density at radius 1 is 1.14 bits per heavy atom. The summed E-state index contributed by atoms with van der Waals surface area (Å²) in [7, 11) is 0. The minimum Gasteiger partial charge on any atom is -0.367 e. The van der Waals surface area contributed by atoms with E-state index in [2.05, 4.69) is 46.2 Å². The van der Waals surface area contributed by atoms with Gasteiger partial charge in [0.2, 0.25) is 0 Å². The van der Waals surface area contributed by atoms with Gasteiger partial charge in [-0.25, -0.2) is 9.97 Å². The standard InChI is InChI=1S/C22H27ClN4S/c1-3-27(4-2)18(15-9-5-7-11-17(15)23)13-24-21-20-16-10-6-8-12-19(16)28-22(20)26-14-25-21/h5,7,9,11,14,18H,3-4,6,8,10,12-13H2,1-2H3,(H,24,25,26)/t18-/m1/s1. The van der Waals surface area contributed by atoms with Crippen LogP contribution in [0.4, 0.5) is 5.82 Å². The smallest absolute Gasteiger partial charge is 0.138 e. The SMILES string of the molecule is CCN(CC)[C@H](CNc1ncnc2sc3c(c12)CCCC3)c1ccccc1Cl. The van der Waals surface area contributed by atoms with Crippen molar-refractivity contribution in [1.82, 2.24) is 14.9 Å². The monoisotopic (exact) mass is 414 g/mol. The molecular formula is C22H27ClN4S. The van der Waals surface area contributed by atoms with Crippen molar-refractivity contribution in [2.75, 3.05) is 25.0 Å². The average Bonchev–Trinajstić information content (AvgIpc) is 3.11. The minimum absolute atomic E-state index is 0.197. The molecule has 0 saturated heterocycles. The first-order valence-corrected chi connectivity index (χ1v) is 11.4. The number of nitrogens with one attached hydrogen (secondary N) is 1. The first-order chi connectivity index (χ1) is 13.7. The van der Waals surface area contributed by atoms with E-state index in [9.17, 15) is 0 Å². The fraction of sp³-hybridized carbons (Fsp3) is 0.455. The highest BCUT2D eigenvalue weighted by Gasteiger charge is 2.23. The summed E-state index contributed by atoms with van der Waals surface area (Å²) in [5.41, 5.74) is 2.63. The van der Waals surface area contributed by atoms with Crippen LogP contribution in [0.5, 0.6) is 0 Å². The van der Waals surface area contributed by atoms with Gasteiger partial charge in [-0.15, -0.1) is 11.3 Å². The summed E-state index contributed by atoms with van der Waals surface area (Å²) in [6.07, 6.45) is 6.55. The number of aromatic nitrogens is 2. The van der Waals surface area contributed by atoms with E-state index in [0.717, 1.165) is 47.3 Å². The van der Waals surface area contributed by atoms with E-state index in [1.807, 2.05) is 23.5 Å². The maximum atomic E-state index is 6.55. The van der Waals surface area contributed by atoms with Crippen molar-refractivity contribution in [3.8, 4) is 0 Å². The zero-order chi connectivity index (χ0) is 19.5. The molecule has 0 saturated carbocycles. The lowest BCUT2D eigenvalue weighted by Crippen LogP contribution is -2.33. The first kappa shape index (κ1) is 19.6. The van der Waals surface area contributed by atoms with Crippen LogP contribution < -0.4 is 5.32 Å². The van der Waals surface area contributed by atoms with Gasteiger partial charge in [-0.1, -0.05) is 43.6 Å². The predicted octanol–water partition coefficient (Wildman–Crippen LogP) is 5.72. The number of halogens is 1. The van der Waals surface area contributed by atoms with Crippen molar-refractivity contribution in [2.24, 2.45) is 0 Å². The molecule has 0 unspecified atom stereocenters. The Morgan fingerprint density at radius 2 is 1.93 bits per heavy atom. The van der Waals surface area contributed by atoms with Gasteiger partial charge in [-0.2, -0.15) is 0 Å². The number of benzene rings is 1. The van der Waals surface area contributed by atoms with Crippen LogP contribution in [0.1, 0.15) is 48.7 Å². The number of fused-ring (bicyclic) bond motifs is 3. The van der Waals surface area contributed by atoms with Crippen LogP contribution in [0.15, 0.2) is 30.6 Å². The van der Waals surface area contributed by atoms with E-state index in [-0.39, 0.29) is 6.04 Å².